The van der Waals surface area contributed by atoms with E-state index in [0.29, 0.717) is 0 Å². The smallest absolute Gasteiger partial charge is 0.314 e. The molecule has 2 fully saturated rings. The topological polar surface area (TPSA) is 44.8 Å². The van der Waals surface area contributed by atoms with Gasteiger partial charge < -0.3 is 14.2 Å². The second kappa shape index (κ2) is 5.54. The van der Waals surface area contributed by atoms with Gasteiger partial charge in [-0.2, -0.15) is 0 Å². The minimum absolute atomic E-state index is 0.0205. The minimum Gasteiger partial charge on any atom is -0.435 e. The van der Waals surface area contributed by atoms with Gasteiger partial charge >= 0.3 is 5.97 Å². The van der Waals surface area contributed by atoms with Crippen molar-refractivity contribution in [2.24, 2.45) is 16.2 Å². The van der Waals surface area contributed by atoms with E-state index in [9.17, 15) is 4.79 Å². The number of hydrogen-bond acceptors (Lipinski definition) is 4. The molecule has 0 radical (unpaired) electrons. The van der Waals surface area contributed by atoms with Crippen LogP contribution in [0.4, 0.5) is 0 Å². The molecule has 1 aliphatic carbocycles. The van der Waals surface area contributed by atoms with E-state index in [0.717, 1.165) is 32.1 Å². The Morgan fingerprint density at radius 1 is 1.24 bits per heavy atom. The van der Waals surface area contributed by atoms with Crippen LogP contribution < -0.4 is 0 Å². The first-order valence-corrected chi connectivity index (χ1v) is 7.99. The van der Waals surface area contributed by atoms with Crippen molar-refractivity contribution in [3.05, 3.63) is 0 Å². The van der Waals surface area contributed by atoms with Gasteiger partial charge in [0.2, 0.25) is 6.29 Å². The SMILES string of the molecule is COC1CCCC(OC(=O)C2(CC(C)(C)C)CC2(C)C)O1. The van der Waals surface area contributed by atoms with Crippen molar-refractivity contribution in [2.75, 3.05) is 7.11 Å². The summed E-state index contributed by atoms with van der Waals surface area (Å²) in [7, 11) is 1.62. The van der Waals surface area contributed by atoms with Crippen molar-refractivity contribution < 1.29 is 19.0 Å². The molecule has 0 bridgehead atoms. The Morgan fingerprint density at radius 3 is 2.29 bits per heavy atom. The predicted molar refractivity (Wildman–Crippen MR) is 80.5 cm³/mol. The fourth-order valence-electron chi connectivity index (χ4n) is 3.59. The van der Waals surface area contributed by atoms with Gasteiger partial charge in [0, 0.05) is 13.5 Å². The molecule has 0 aromatic heterocycles. The van der Waals surface area contributed by atoms with Crippen molar-refractivity contribution in [1.29, 1.82) is 0 Å². The Bertz CT molecular complexity index is 396. The Labute approximate surface area is 128 Å². The molecule has 4 nitrogen and oxygen atoms in total. The average Bonchev–Trinajstić information content (AvgIpc) is 2.90. The summed E-state index contributed by atoms with van der Waals surface area (Å²) in [6, 6.07) is 0. The molecule has 1 heterocycles. The molecule has 2 aliphatic rings. The fraction of sp³-hybridized carbons (Fsp3) is 0.941. The summed E-state index contributed by atoms with van der Waals surface area (Å²) in [5.74, 6) is -0.0934. The van der Waals surface area contributed by atoms with E-state index in [4.69, 9.17) is 14.2 Å². The van der Waals surface area contributed by atoms with Crippen LogP contribution in [0.25, 0.3) is 0 Å². The van der Waals surface area contributed by atoms with Gasteiger partial charge in [-0.1, -0.05) is 34.6 Å². The quantitative estimate of drug-likeness (QED) is 0.739. The standard InChI is InChI=1S/C17H30O4/c1-15(2,3)10-17(11-16(17,4)5)14(18)21-13-9-7-8-12(19-6)20-13/h12-13H,7-11H2,1-6H3. The lowest BCUT2D eigenvalue weighted by molar-refractivity contribution is -0.256. The zero-order valence-corrected chi connectivity index (χ0v) is 14.3. The molecule has 3 unspecified atom stereocenters. The molecule has 0 aromatic carbocycles. The lowest BCUT2D eigenvalue weighted by atomic mass is 9.79. The van der Waals surface area contributed by atoms with Crippen LogP contribution in [-0.4, -0.2) is 25.7 Å². The highest BCUT2D eigenvalue weighted by Crippen LogP contribution is 2.68. The lowest BCUT2D eigenvalue weighted by Gasteiger charge is -2.32. The van der Waals surface area contributed by atoms with Crippen molar-refractivity contribution >= 4 is 5.97 Å². The van der Waals surface area contributed by atoms with E-state index >= 15 is 0 Å². The second-order valence-electron chi connectivity index (χ2n) is 8.45. The summed E-state index contributed by atoms with van der Waals surface area (Å²) in [4.78, 5) is 12.7. The van der Waals surface area contributed by atoms with Crippen molar-refractivity contribution in [1.82, 2.24) is 0 Å². The number of methoxy groups -OCH3 is 1. The molecule has 0 aromatic rings. The Hall–Kier alpha value is -0.610. The maximum absolute atomic E-state index is 12.7. The number of carbonyl (C=O) groups is 1. The van der Waals surface area contributed by atoms with Gasteiger partial charge in [0.1, 0.15) is 0 Å². The molecule has 3 atom stereocenters. The summed E-state index contributed by atoms with van der Waals surface area (Å²) < 4.78 is 16.6. The highest BCUT2D eigenvalue weighted by Gasteiger charge is 2.68. The number of hydrogen-bond donors (Lipinski definition) is 0. The van der Waals surface area contributed by atoms with E-state index < -0.39 is 6.29 Å². The second-order valence-corrected chi connectivity index (χ2v) is 8.45. The molecule has 21 heavy (non-hydrogen) atoms. The monoisotopic (exact) mass is 298 g/mol. The lowest BCUT2D eigenvalue weighted by Crippen LogP contribution is -2.36. The third-order valence-electron chi connectivity index (χ3n) is 4.82. The molecule has 1 aliphatic heterocycles. The van der Waals surface area contributed by atoms with Crippen molar-refractivity contribution in [2.45, 2.75) is 79.3 Å². The molecular formula is C17H30O4. The van der Waals surface area contributed by atoms with Crippen molar-refractivity contribution in [3.63, 3.8) is 0 Å². The van der Waals surface area contributed by atoms with Crippen LogP contribution in [0.15, 0.2) is 0 Å². The normalized spacial score (nSPS) is 35.3. The predicted octanol–water partition coefficient (Wildman–Crippen LogP) is 3.88. The Balaban J connectivity index is 2.01. The van der Waals surface area contributed by atoms with E-state index in [2.05, 4.69) is 34.6 Å². The fourth-order valence-corrected chi connectivity index (χ4v) is 3.59. The van der Waals surface area contributed by atoms with Gasteiger partial charge in [0.25, 0.3) is 0 Å². The molecule has 0 N–H and O–H groups in total. The van der Waals surface area contributed by atoms with E-state index in [1.54, 1.807) is 7.11 Å². The Kier molecular flexibility index (Phi) is 4.42. The van der Waals surface area contributed by atoms with Crippen LogP contribution in [0.3, 0.4) is 0 Å². The van der Waals surface area contributed by atoms with Gasteiger partial charge in [0.05, 0.1) is 5.41 Å². The van der Waals surface area contributed by atoms with Gasteiger partial charge in [0.15, 0.2) is 6.29 Å². The number of carbonyl (C=O) groups excluding carboxylic acids is 1. The van der Waals surface area contributed by atoms with Crippen LogP contribution in [0, 0.1) is 16.2 Å². The van der Waals surface area contributed by atoms with Gasteiger partial charge in [-0.05, 0) is 36.5 Å². The molecule has 4 heteroatoms. The zero-order valence-electron chi connectivity index (χ0n) is 14.3. The van der Waals surface area contributed by atoms with Gasteiger partial charge in [-0.15, -0.1) is 0 Å². The van der Waals surface area contributed by atoms with E-state index in [-0.39, 0.29) is 28.5 Å². The molecule has 2 rings (SSSR count). The third-order valence-corrected chi connectivity index (χ3v) is 4.82. The molecule has 0 amide bonds. The van der Waals surface area contributed by atoms with Gasteiger partial charge in [-0.25, -0.2) is 0 Å². The van der Waals surface area contributed by atoms with Crippen molar-refractivity contribution in [3.8, 4) is 0 Å². The highest BCUT2D eigenvalue weighted by molar-refractivity contribution is 5.82. The molecule has 0 spiro atoms. The van der Waals surface area contributed by atoms with E-state index in [1.165, 1.54) is 0 Å². The Morgan fingerprint density at radius 2 is 1.81 bits per heavy atom. The van der Waals surface area contributed by atoms with Crippen LogP contribution in [0.2, 0.25) is 0 Å². The van der Waals surface area contributed by atoms with Crippen LogP contribution in [0.5, 0.6) is 0 Å². The summed E-state index contributed by atoms with van der Waals surface area (Å²) in [5, 5.41) is 0. The molecule has 1 saturated carbocycles. The first-order chi connectivity index (χ1) is 9.60. The summed E-state index contributed by atoms with van der Waals surface area (Å²) in [6.07, 6.45) is 3.64. The molecule has 1 saturated heterocycles. The molecule has 122 valence electrons. The van der Waals surface area contributed by atoms with Gasteiger partial charge in [-0.3, -0.25) is 4.79 Å². The summed E-state index contributed by atoms with van der Waals surface area (Å²) >= 11 is 0. The highest BCUT2D eigenvalue weighted by atomic mass is 16.8. The minimum atomic E-state index is -0.454. The zero-order chi connectivity index (χ0) is 15.9. The first-order valence-electron chi connectivity index (χ1n) is 7.99. The largest absolute Gasteiger partial charge is 0.435 e. The average molecular weight is 298 g/mol. The third kappa shape index (κ3) is 3.59. The number of ether oxygens (including phenoxy) is 3. The maximum Gasteiger partial charge on any atom is 0.314 e. The maximum atomic E-state index is 12.7. The summed E-state index contributed by atoms with van der Waals surface area (Å²) in [5.41, 5.74) is -0.226. The van der Waals surface area contributed by atoms with Crippen LogP contribution in [0.1, 0.15) is 66.7 Å². The van der Waals surface area contributed by atoms with Crippen LogP contribution in [-0.2, 0) is 19.0 Å². The van der Waals surface area contributed by atoms with Crippen LogP contribution >= 0.6 is 0 Å². The molecular weight excluding hydrogens is 268 g/mol. The number of esters is 1. The summed E-state index contributed by atoms with van der Waals surface area (Å²) in [6.45, 7) is 10.8. The first kappa shape index (κ1) is 16.8. The number of rotatable bonds is 4. The van der Waals surface area contributed by atoms with E-state index in [1.807, 2.05) is 0 Å².